The lowest BCUT2D eigenvalue weighted by Crippen LogP contribution is -2.29. The first-order valence-corrected chi connectivity index (χ1v) is 4.81. The third-order valence-corrected chi connectivity index (χ3v) is 3.31. The Morgan fingerprint density at radius 1 is 1.46 bits per heavy atom. The number of aliphatic hydroxyl groups excluding tert-OH is 1. The van der Waals surface area contributed by atoms with Crippen molar-refractivity contribution in [1.29, 1.82) is 0 Å². The highest BCUT2D eigenvalue weighted by atomic mass is 16.3. The number of hydrogen-bond acceptors (Lipinski definition) is 2. The summed E-state index contributed by atoms with van der Waals surface area (Å²) < 4.78 is 0. The van der Waals surface area contributed by atoms with Gasteiger partial charge in [0, 0.05) is 19.0 Å². The molecule has 3 atom stereocenters. The number of rotatable bonds is 1. The predicted molar refractivity (Wildman–Crippen MR) is 49.0 cm³/mol. The number of aliphatic hydroxyl groups is 1. The minimum Gasteiger partial charge on any atom is -0.393 e. The van der Waals surface area contributed by atoms with Crippen LogP contribution >= 0.6 is 0 Å². The average Bonchev–Trinajstić information content (AvgIpc) is 2.67. The summed E-state index contributed by atoms with van der Waals surface area (Å²) >= 11 is 0. The van der Waals surface area contributed by atoms with Crippen LogP contribution in [0.15, 0.2) is 12.7 Å². The second kappa shape index (κ2) is 3.14. The highest BCUT2D eigenvalue weighted by Crippen LogP contribution is 2.37. The van der Waals surface area contributed by atoms with E-state index in [9.17, 15) is 9.90 Å². The van der Waals surface area contributed by atoms with Gasteiger partial charge in [0.2, 0.25) is 5.91 Å². The van der Waals surface area contributed by atoms with E-state index in [4.69, 9.17) is 0 Å². The van der Waals surface area contributed by atoms with Crippen LogP contribution in [0.2, 0.25) is 0 Å². The van der Waals surface area contributed by atoms with Crippen molar-refractivity contribution in [3.05, 3.63) is 12.7 Å². The van der Waals surface area contributed by atoms with Gasteiger partial charge in [-0.25, -0.2) is 0 Å². The fourth-order valence-corrected chi connectivity index (χ4v) is 2.55. The van der Waals surface area contributed by atoms with E-state index in [1.807, 2.05) is 0 Å². The summed E-state index contributed by atoms with van der Waals surface area (Å²) in [5.41, 5.74) is 0. The molecule has 13 heavy (non-hydrogen) atoms. The van der Waals surface area contributed by atoms with E-state index in [0.717, 1.165) is 25.9 Å². The first-order valence-electron chi connectivity index (χ1n) is 4.81. The SMILES string of the molecule is C=CC(=O)N1C[C@@H]2CC[C@@H](O)[C@@H]2C1. The second-order valence-electron chi connectivity index (χ2n) is 4.02. The molecule has 1 aliphatic heterocycles. The van der Waals surface area contributed by atoms with Gasteiger partial charge in [-0.2, -0.15) is 0 Å². The summed E-state index contributed by atoms with van der Waals surface area (Å²) in [4.78, 5) is 13.1. The van der Waals surface area contributed by atoms with E-state index in [0.29, 0.717) is 11.8 Å². The maximum absolute atomic E-state index is 11.3. The van der Waals surface area contributed by atoms with Crippen LogP contribution in [-0.2, 0) is 4.79 Å². The molecule has 0 aromatic heterocycles. The number of hydrogen-bond donors (Lipinski definition) is 1. The van der Waals surface area contributed by atoms with Crippen molar-refractivity contribution >= 4 is 5.91 Å². The first-order chi connectivity index (χ1) is 6.22. The molecule has 0 aromatic carbocycles. The lowest BCUT2D eigenvalue weighted by molar-refractivity contribution is -0.125. The fraction of sp³-hybridized carbons (Fsp3) is 0.700. The van der Waals surface area contributed by atoms with Gasteiger partial charge in [-0.05, 0) is 24.8 Å². The van der Waals surface area contributed by atoms with Crippen LogP contribution < -0.4 is 0 Å². The van der Waals surface area contributed by atoms with Crippen LogP contribution in [0, 0.1) is 11.8 Å². The number of fused-ring (bicyclic) bond motifs is 1. The molecule has 3 nitrogen and oxygen atoms in total. The Hall–Kier alpha value is -0.830. The highest BCUT2D eigenvalue weighted by Gasteiger charge is 2.42. The van der Waals surface area contributed by atoms with E-state index < -0.39 is 0 Å². The van der Waals surface area contributed by atoms with Crippen molar-refractivity contribution in [3.8, 4) is 0 Å². The lowest BCUT2D eigenvalue weighted by Gasteiger charge is -2.16. The zero-order chi connectivity index (χ0) is 9.42. The molecule has 0 aromatic rings. The van der Waals surface area contributed by atoms with Crippen molar-refractivity contribution in [3.63, 3.8) is 0 Å². The van der Waals surface area contributed by atoms with Gasteiger partial charge in [0.1, 0.15) is 0 Å². The number of likely N-dealkylation sites (tertiary alicyclic amines) is 1. The standard InChI is InChI=1S/C10H15NO2/c1-2-10(13)11-5-7-3-4-9(12)8(7)6-11/h2,7-9,12H,1,3-6H2/t7-,8+,9+/m0/s1. The summed E-state index contributed by atoms with van der Waals surface area (Å²) in [5, 5.41) is 9.61. The summed E-state index contributed by atoms with van der Waals surface area (Å²) in [7, 11) is 0. The minimum atomic E-state index is -0.187. The predicted octanol–water partition coefficient (Wildman–Crippen LogP) is 0.402. The summed E-state index contributed by atoms with van der Waals surface area (Å²) in [5.74, 6) is 0.851. The zero-order valence-corrected chi connectivity index (χ0v) is 7.65. The molecule has 0 unspecified atom stereocenters. The van der Waals surface area contributed by atoms with Gasteiger partial charge in [0.25, 0.3) is 0 Å². The molecule has 2 fully saturated rings. The van der Waals surface area contributed by atoms with Crippen molar-refractivity contribution < 1.29 is 9.90 Å². The van der Waals surface area contributed by atoms with Gasteiger partial charge in [-0.15, -0.1) is 0 Å². The van der Waals surface area contributed by atoms with Crippen LogP contribution in [0.4, 0.5) is 0 Å². The summed E-state index contributed by atoms with van der Waals surface area (Å²) in [6.45, 7) is 5.00. The summed E-state index contributed by atoms with van der Waals surface area (Å²) in [6.07, 6.45) is 3.14. The molecule has 0 radical (unpaired) electrons. The highest BCUT2D eigenvalue weighted by molar-refractivity contribution is 5.87. The van der Waals surface area contributed by atoms with E-state index in [1.54, 1.807) is 4.90 Å². The van der Waals surface area contributed by atoms with Crippen molar-refractivity contribution in [2.24, 2.45) is 11.8 Å². The quantitative estimate of drug-likeness (QED) is 0.595. The Morgan fingerprint density at radius 3 is 2.85 bits per heavy atom. The largest absolute Gasteiger partial charge is 0.393 e. The molecule has 2 aliphatic rings. The molecule has 1 saturated heterocycles. The maximum atomic E-state index is 11.3. The van der Waals surface area contributed by atoms with Gasteiger partial charge in [0.15, 0.2) is 0 Å². The van der Waals surface area contributed by atoms with Crippen LogP contribution in [0.25, 0.3) is 0 Å². The number of carbonyl (C=O) groups is 1. The molecule has 1 amide bonds. The Labute approximate surface area is 78.0 Å². The van der Waals surface area contributed by atoms with Crippen LogP contribution in [0.3, 0.4) is 0 Å². The second-order valence-corrected chi connectivity index (χ2v) is 4.02. The van der Waals surface area contributed by atoms with Crippen LogP contribution in [0.5, 0.6) is 0 Å². The molecular weight excluding hydrogens is 166 g/mol. The third-order valence-electron chi connectivity index (χ3n) is 3.31. The van der Waals surface area contributed by atoms with E-state index in [2.05, 4.69) is 6.58 Å². The molecule has 1 N–H and O–H groups in total. The molecule has 3 heteroatoms. The Balaban J connectivity index is 2.02. The Kier molecular flexibility index (Phi) is 2.12. The Morgan fingerprint density at radius 2 is 2.23 bits per heavy atom. The molecule has 2 rings (SSSR count). The number of amides is 1. The third kappa shape index (κ3) is 1.37. The zero-order valence-electron chi connectivity index (χ0n) is 7.65. The van der Waals surface area contributed by atoms with Gasteiger partial charge in [0.05, 0.1) is 6.10 Å². The average molecular weight is 181 g/mol. The molecule has 0 spiro atoms. The normalized spacial score (nSPS) is 37.6. The van der Waals surface area contributed by atoms with E-state index in [1.165, 1.54) is 6.08 Å². The first kappa shape index (κ1) is 8.75. The smallest absolute Gasteiger partial charge is 0.245 e. The summed E-state index contributed by atoms with van der Waals surface area (Å²) in [6, 6.07) is 0. The monoisotopic (exact) mass is 181 g/mol. The molecular formula is C10H15NO2. The van der Waals surface area contributed by atoms with Crippen LogP contribution in [-0.4, -0.2) is 35.1 Å². The fourth-order valence-electron chi connectivity index (χ4n) is 2.55. The van der Waals surface area contributed by atoms with Gasteiger partial charge < -0.3 is 10.0 Å². The maximum Gasteiger partial charge on any atom is 0.245 e. The van der Waals surface area contributed by atoms with Gasteiger partial charge in [-0.1, -0.05) is 6.58 Å². The van der Waals surface area contributed by atoms with Crippen molar-refractivity contribution in [2.75, 3.05) is 13.1 Å². The lowest BCUT2D eigenvalue weighted by atomic mass is 10.00. The van der Waals surface area contributed by atoms with E-state index >= 15 is 0 Å². The van der Waals surface area contributed by atoms with Crippen LogP contribution in [0.1, 0.15) is 12.8 Å². The number of carbonyl (C=O) groups excluding carboxylic acids is 1. The van der Waals surface area contributed by atoms with Crippen molar-refractivity contribution in [1.82, 2.24) is 4.90 Å². The number of nitrogens with zero attached hydrogens (tertiary/aromatic N) is 1. The van der Waals surface area contributed by atoms with E-state index in [-0.39, 0.29) is 12.0 Å². The minimum absolute atomic E-state index is 0.00148. The molecule has 1 heterocycles. The van der Waals surface area contributed by atoms with Crippen molar-refractivity contribution in [2.45, 2.75) is 18.9 Å². The Bertz CT molecular complexity index is 239. The molecule has 1 saturated carbocycles. The van der Waals surface area contributed by atoms with Gasteiger partial charge in [-0.3, -0.25) is 4.79 Å². The molecule has 1 aliphatic carbocycles. The topological polar surface area (TPSA) is 40.5 Å². The molecule has 0 bridgehead atoms. The molecule has 72 valence electrons. The van der Waals surface area contributed by atoms with Gasteiger partial charge >= 0.3 is 0 Å².